The predicted molar refractivity (Wildman–Crippen MR) is 93.6 cm³/mol. The number of fused-ring (bicyclic) bond motifs is 1. The topological polar surface area (TPSA) is 54.1 Å². The van der Waals surface area contributed by atoms with E-state index in [1.54, 1.807) is 0 Å². The minimum Gasteiger partial charge on any atom is -0.492 e. The Morgan fingerprint density at radius 3 is 2.83 bits per heavy atom. The van der Waals surface area contributed by atoms with Crippen molar-refractivity contribution in [2.24, 2.45) is 0 Å². The Balaban J connectivity index is 1.94. The van der Waals surface area contributed by atoms with Gasteiger partial charge in [-0.2, -0.15) is 0 Å². The van der Waals surface area contributed by atoms with Gasteiger partial charge in [-0.1, -0.05) is 29.8 Å². The number of halogens is 1. The zero-order chi connectivity index (χ0) is 16.4. The van der Waals surface area contributed by atoms with E-state index in [1.807, 2.05) is 56.3 Å². The number of benzene rings is 2. The molecule has 2 aromatic carbocycles. The number of carbonyl (C=O) groups excluding carboxylic acids is 1. The molecule has 3 aromatic rings. The lowest BCUT2D eigenvalue weighted by molar-refractivity contribution is 0.102. The number of H-pyrrole nitrogens is 1. The lowest BCUT2D eigenvalue weighted by Crippen LogP contribution is -2.14. The van der Waals surface area contributed by atoms with Gasteiger partial charge >= 0.3 is 0 Å². The molecule has 1 amide bonds. The van der Waals surface area contributed by atoms with E-state index in [9.17, 15) is 4.79 Å². The Morgan fingerprint density at radius 2 is 2.04 bits per heavy atom. The standard InChI is InChI=1S/C18H17ClN2O2/c1-3-23-16-7-5-4-6-14(16)21-18(22)17-11(2)13-9-8-12(19)10-15(13)20-17/h4-10,20H,3H2,1-2H3,(H,21,22). The summed E-state index contributed by atoms with van der Waals surface area (Å²) in [6.45, 7) is 4.36. The summed E-state index contributed by atoms with van der Waals surface area (Å²) in [5.74, 6) is 0.446. The first kappa shape index (κ1) is 15.4. The number of ether oxygens (including phenoxy) is 1. The number of hydrogen-bond acceptors (Lipinski definition) is 2. The molecule has 0 bridgehead atoms. The van der Waals surface area contributed by atoms with E-state index >= 15 is 0 Å². The summed E-state index contributed by atoms with van der Waals surface area (Å²) in [5.41, 5.74) is 2.91. The number of rotatable bonds is 4. The van der Waals surface area contributed by atoms with Crippen molar-refractivity contribution in [1.82, 2.24) is 4.98 Å². The molecule has 118 valence electrons. The highest BCUT2D eigenvalue weighted by atomic mass is 35.5. The Bertz CT molecular complexity index is 871. The van der Waals surface area contributed by atoms with Gasteiger partial charge in [-0.25, -0.2) is 0 Å². The Hall–Kier alpha value is -2.46. The quantitative estimate of drug-likeness (QED) is 0.724. The monoisotopic (exact) mass is 328 g/mol. The van der Waals surface area contributed by atoms with Gasteiger partial charge in [0.2, 0.25) is 0 Å². The van der Waals surface area contributed by atoms with Gasteiger partial charge in [0.25, 0.3) is 5.91 Å². The SMILES string of the molecule is CCOc1ccccc1NC(=O)c1[nH]c2cc(Cl)ccc2c1C. The van der Waals surface area contributed by atoms with Crippen molar-refractivity contribution in [3.63, 3.8) is 0 Å². The molecule has 0 fully saturated rings. The van der Waals surface area contributed by atoms with Gasteiger partial charge in [-0.3, -0.25) is 4.79 Å². The van der Waals surface area contributed by atoms with Crippen LogP contribution in [0.1, 0.15) is 23.0 Å². The minimum absolute atomic E-state index is 0.207. The van der Waals surface area contributed by atoms with Crippen molar-refractivity contribution < 1.29 is 9.53 Å². The highest BCUT2D eigenvalue weighted by molar-refractivity contribution is 6.31. The van der Waals surface area contributed by atoms with Gasteiger partial charge in [0.1, 0.15) is 11.4 Å². The molecule has 0 unspecified atom stereocenters. The molecule has 0 spiro atoms. The third kappa shape index (κ3) is 3.03. The summed E-state index contributed by atoms with van der Waals surface area (Å²) < 4.78 is 5.54. The van der Waals surface area contributed by atoms with Crippen molar-refractivity contribution >= 4 is 34.1 Å². The molecule has 0 atom stereocenters. The number of anilines is 1. The van der Waals surface area contributed by atoms with E-state index in [-0.39, 0.29) is 5.91 Å². The lowest BCUT2D eigenvalue weighted by atomic mass is 10.1. The maximum absolute atomic E-state index is 12.6. The van der Waals surface area contributed by atoms with Gasteiger partial charge in [0.05, 0.1) is 12.3 Å². The molecule has 1 aromatic heterocycles. The van der Waals surface area contributed by atoms with E-state index in [0.29, 0.717) is 28.8 Å². The van der Waals surface area contributed by atoms with Crippen LogP contribution in [-0.4, -0.2) is 17.5 Å². The third-order valence-corrected chi connectivity index (χ3v) is 3.92. The van der Waals surface area contributed by atoms with Crippen molar-refractivity contribution in [3.05, 3.63) is 58.7 Å². The number of aryl methyl sites for hydroxylation is 1. The van der Waals surface area contributed by atoms with Gasteiger partial charge in [-0.15, -0.1) is 0 Å². The van der Waals surface area contributed by atoms with Crippen molar-refractivity contribution in [2.45, 2.75) is 13.8 Å². The van der Waals surface area contributed by atoms with E-state index in [1.165, 1.54) is 0 Å². The molecule has 23 heavy (non-hydrogen) atoms. The summed E-state index contributed by atoms with van der Waals surface area (Å²) >= 11 is 6.01. The fourth-order valence-electron chi connectivity index (χ4n) is 2.57. The van der Waals surface area contributed by atoms with Crippen LogP contribution in [0.4, 0.5) is 5.69 Å². The van der Waals surface area contributed by atoms with Crippen molar-refractivity contribution in [3.8, 4) is 5.75 Å². The molecule has 5 heteroatoms. The van der Waals surface area contributed by atoms with Gasteiger partial charge in [0.15, 0.2) is 0 Å². The number of nitrogens with one attached hydrogen (secondary N) is 2. The number of para-hydroxylation sites is 2. The molecular formula is C18H17ClN2O2. The summed E-state index contributed by atoms with van der Waals surface area (Å²) in [7, 11) is 0. The molecule has 0 saturated carbocycles. The zero-order valence-electron chi connectivity index (χ0n) is 12.9. The molecule has 0 saturated heterocycles. The van der Waals surface area contributed by atoms with Crippen molar-refractivity contribution in [1.29, 1.82) is 0 Å². The summed E-state index contributed by atoms with van der Waals surface area (Å²) in [6.07, 6.45) is 0. The molecule has 2 N–H and O–H groups in total. The molecule has 4 nitrogen and oxygen atoms in total. The van der Waals surface area contributed by atoms with Crippen LogP contribution in [0.2, 0.25) is 5.02 Å². The van der Waals surface area contributed by atoms with Crippen LogP contribution < -0.4 is 10.1 Å². The van der Waals surface area contributed by atoms with E-state index < -0.39 is 0 Å². The second-order valence-electron chi connectivity index (χ2n) is 5.20. The third-order valence-electron chi connectivity index (χ3n) is 3.68. The molecule has 0 aliphatic carbocycles. The average Bonchev–Trinajstić information content (AvgIpc) is 2.86. The second-order valence-corrected chi connectivity index (χ2v) is 5.63. The summed E-state index contributed by atoms with van der Waals surface area (Å²) in [6, 6.07) is 12.9. The normalized spacial score (nSPS) is 10.7. The van der Waals surface area contributed by atoms with Crippen LogP contribution in [0.5, 0.6) is 5.75 Å². The Kier molecular flexibility index (Phi) is 4.26. The lowest BCUT2D eigenvalue weighted by Gasteiger charge is -2.11. The molecule has 0 aliphatic rings. The molecule has 3 rings (SSSR count). The van der Waals surface area contributed by atoms with Crippen LogP contribution in [-0.2, 0) is 0 Å². The largest absolute Gasteiger partial charge is 0.492 e. The first-order chi connectivity index (χ1) is 11.1. The smallest absolute Gasteiger partial charge is 0.272 e. The predicted octanol–water partition coefficient (Wildman–Crippen LogP) is 4.78. The van der Waals surface area contributed by atoms with Crippen molar-refractivity contribution in [2.75, 3.05) is 11.9 Å². The highest BCUT2D eigenvalue weighted by Crippen LogP contribution is 2.27. The number of aromatic amines is 1. The summed E-state index contributed by atoms with van der Waals surface area (Å²) in [4.78, 5) is 15.8. The zero-order valence-corrected chi connectivity index (χ0v) is 13.7. The van der Waals surface area contributed by atoms with Crippen LogP contribution in [0.25, 0.3) is 10.9 Å². The Labute approximate surface area is 139 Å². The second kappa shape index (κ2) is 6.34. The molecule has 0 aliphatic heterocycles. The van der Waals surface area contributed by atoms with E-state index in [4.69, 9.17) is 16.3 Å². The molecule has 1 heterocycles. The average molecular weight is 329 g/mol. The maximum Gasteiger partial charge on any atom is 0.272 e. The fraction of sp³-hybridized carbons (Fsp3) is 0.167. The van der Waals surface area contributed by atoms with E-state index in [0.717, 1.165) is 16.5 Å². The number of aromatic nitrogens is 1. The Morgan fingerprint density at radius 1 is 1.26 bits per heavy atom. The van der Waals surface area contributed by atoms with Crippen LogP contribution >= 0.6 is 11.6 Å². The fourth-order valence-corrected chi connectivity index (χ4v) is 2.75. The number of amides is 1. The van der Waals surface area contributed by atoms with Crippen LogP contribution in [0.15, 0.2) is 42.5 Å². The first-order valence-electron chi connectivity index (χ1n) is 7.41. The van der Waals surface area contributed by atoms with Crippen LogP contribution in [0.3, 0.4) is 0 Å². The van der Waals surface area contributed by atoms with Crippen LogP contribution in [0, 0.1) is 6.92 Å². The number of hydrogen-bond donors (Lipinski definition) is 2. The number of carbonyl (C=O) groups is 1. The maximum atomic E-state index is 12.6. The van der Waals surface area contributed by atoms with Gasteiger partial charge in [-0.05, 0) is 43.7 Å². The summed E-state index contributed by atoms with van der Waals surface area (Å²) in [5, 5.41) is 4.52. The minimum atomic E-state index is -0.207. The molecular weight excluding hydrogens is 312 g/mol. The molecule has 0 radical (unpaired) electrons. The van der Waals surface area contributed by atoms with E-state index in [2.05, 4.69) is 10.3 Å². The highest BCUT2D eigenvalue weighted by Gasteiger charge is 2.16. The van der Waals surface area contributed by atoms with Gasteiger partial charge in [0, 0.05) is 15.9 Å². The first-order valence-corrected chi connectivity index (χ1v) is 7.79. The van der Waals surface area contributed by atoms with Gasteiger partial charge < -0.3 is 15.0 Å².